The molecule has 4 nitrogen and oxygen atoms in total. The molecule has 0 amide bonds. The van der Waals surface area contributed by atoms with Crippen LogP contribution in [0.15, 0.2) is 24.3 Å². The van der Waals surface area contributed by atoms with E-state index in [9.17, 15) is 9.59 Å². The van der Waals surface area contributed by atoms with Crippen LogP contribution in [0.4, 0.5) is 0 Å². The Bertz CT molecular complexity index is 539. The number of carbonyl (C=O) groups is 2. The van der Waals surface area contributed by atoms with Crippen molar-refractivity contribution in [3.05, 3.63) is 35.4 Å². The number of ether oxygens (including phenoxy) is 1. The topological polar surface area (TPSA) is 63.6 Å². The van der Waals surface area contributed by atoms with Gasteiger partial charge in [-0.1, -0.05) is 76.8 Å². The number of aromatic carboxylic acids is 1. The minimum Gasteiger partial charge on any atom is -0.478 e. The van der Waals surface area contributed by atoms with Crippen molar-refractivity contribution in [2.24, 2.45) is 0 Å². The number of carbonyl (C=O) groups excluding carboxylic acids is 1. The van der Waals surface area contributed by atoms with Crippen molar-refractivity contribution in [1.82, 2.24) is 0 Å². The number of rotatable bonds is 14. The van der Waals surface area contributed by atoms with Crippen molar-refractivity contribution in [1.29, 1.82) is 0 Å². The molecular weight excluding hydrogens is 328 g/mol. The lowest BCUT2D eigenvalue weighted by molar-refractivity contribution is 0.0313. The second-order valence-corrected chi connectivity index (χ2v) is 7.04. The lowest BCUT2D eigenvalue weighted by atomic mass is 10.0. The fourth-order valence-electron chi connectivity index (χ4n) is 3.07. The van der Waals surface area contributed by atoms with E-state index in [4.69, 9.17) is 9.84 Å². The van der Waals surface area contributed by atoms with E-state index in [-0.39, 0.29) is 17.2 Å². The highest BCUT2D eigenvalue weighted by Crippen LogP contribution is 2.15. The maximum Gasteiger partial charge on any atom is 0.339 e. The number of carboxylic acid groups (broad SMARTS) is 1. The Labute approximate surface area is 158 Å². The van der Waals surface area contributed by atoms with Crippen LogP contribution in [-0.4, -0.2) is 23.1 Å². The van der Waals surface area contributed by atoms with Crippen LogP contribution in [0.1, 0.15) is 105 Å². The summed E-state index contributed by atoms with van der Waals surface area (Å²) in [5, 5.41) is 9.15. The summed E-state index contributed by atoms with van der Waals surface area (Å²) in [6.07, 6.45) is 13.4. The molecular formula is C22H34O4. The first-order chi connectivity index (χ1) is 12.6. The van der Waals surface area contributed by atoms with Gasteiger partial charge in [-0.05, 0) is 31.9 Å². The molecule has 0 aliphatic heterocycles. The molecule has 0 aliphatic rings. The van der Waals surface area contributed by atoms with Gasteiger partial charge in [0.15, 0.2) is 0 Å². The maximum absolute atomic E-state index is 12.2. The van der Waals surface area contributed by atoms with Gasteiger partial charge in [-0.3, -0.25) is 0 Å². The minimum atomic E-state index is -1.11. The third-order valence-corrected chi connectivity index (χ3v) is 4.65. The van der Waals surface area contributed by atoms with Crippen molar-refractivity contribution < 1.29 is 19.4 Å². The molecule has 146 valence electrons. The molecule has 0 radical (unpaired) electrons. The Balaban J connectivity index is 2.16. The van der Waals surface area contributed by atoms with Crippen LogP contribution >= 0.6 is 0 Å². The number of carboxylic acids is 1. The average molecular weight is 363 g/mol. The molecule has 1 aromatic carbocycles. The van der Waals surface area contributed by atoms with Crippen LogP contribution in [-0.2, 0) is 4.74 Å². The smallest absolute Gasteiger partial charge is 0.339 e. The Morgan fingerprint density at radius 3 is 1.92 bits per heavy atom. The molecule has 0 heterocycles. The maximum atomic E-state index is 12.2. The summed E-state index contributed by atoms with van der Waals surface area (Å²) in [7, 11) is 0. The molecule has 1 N–H and O–H groups in total. The number of hydrogen-bond acceptors (Lipinski definition) is 3. The van der Waals surface area contributed by atoms with E-state index < -0.39 is 11.9 Å². The summed E-state index contributed by atoms with van der Waals surface area (Å²) >= 11 is 0. The Kier molecular flexibility index (Phi) is 11.4. The first-order valence-electron chi connectivity index (χ1n) is 10.1. The summed E-state index contributed by atoms with van der Waals surface area (Å²) in [5.74, 6) is -1.66. The van der Waals surface area contributed by atoms with E-state index in [1.54, 1.807) is 12.1 Å². The van der Waals surface area contributed by atoms with Crippen molar-refractivity contribution in [2.75, 3.05) is 0 Å². The molecule has 1 aromatic rings. The van der Waals surface area contributed by atoms with Crippen LogP contribution in [0.2, 0.25) is 0 Å². The van der Waals surface area contributed by atoms with Crippen molar-refractivity contribution in [3.8, 4) is 0 Å². The average Bonchev–Trinajstić information content (AvgIpc) is 2.63. The quantitative estimate of drug-likeness (QED) is 0.314. The van der Waals surface area contributed by atoms with Gasteiger partial charge in [0, 0.05) is 0 Å². The Morgan fingerprint density at radius 2 is 1.38 bits per heavy atom. The standard InChI is InChI=1S/C22H34O4/c1-3-4-5-6-7-8-9-10-11-12-15-18(2)26-22(25)20-17-14-13-16-19(20)21(23)24/h13-14,16-18H,3-12,15H2,1-2H3,(H,23,24). The largest absolute Gasteiger partial charge is 0.478 e. The van der Waals surface area contributed by atoms with Gasteiger partial charge in [0.2, 0.25) is 0 Å². The predicted molar refractivity (Wildman–Crippen MR) is 105 cm³/mol. The van der Waals surface area contributed by atoms with E-state index in [1.165, 1.54) is 63.5 Å². The first-order valence-corrected chi connectivity index (χ1v) is 10.1. The lowest BCUT2D eigenvalue weighted by Crippen LogP contribution is -2.17. The number of unbranched alkanes of at least 4 members (excludes halogenated alkanes) is 9. The van der Waals surface area contributed by atoms with Gasteiger partial charge >= 0.3 is 11.9 Å². The predicted octanol–water partition coefficient (Wildman–Crippen LogP) is 6.24. The van der Waals surface area contributed by atoms with E-state index >= 15 is 0 Å². The van der Waals surface area contributed by atoms with Gasteiger partial charge < -0.3 is 9.84 Å². The molecule has 0 saturated heterocycles. The Hall–Kier alpha value is -1.84. The molecule has 0 bridgehead atoms. The second kappa shape index (κ2) is 13.4. The van der Waals surface area contributed by atoms with E-state index in [0.29, 0.717) is 0 Å². The molecule has 0 aromatic heterocycles. The summed E-state index contributed by atoms with van der Waals surface area (Å²) in [6, 6.07) is 6.17. The highest BCUT2D eigenvalue weighted by Gasteiger charge is 2.18. The van der Waals surface area contributed by atoms with Gasteiger partial charge in [-0.25, -0.2) is 9.59 Å². The molecule has 1 unspecified atom stereocenters. The number of esters is 1. The zero-order chi connectivity index (χ0) is 19.2. The molecule has 1 atom stereocenters. The van der Waals surface area contributed by atoms with Crippen LogP contribution in [0.3, 0.4) is 0 Å². The monoisotopic (exact) mass is 362 g/mol. The molecule has 0 spiro atoms. The fraction of sp³-hybridized carbons (Fsp3) is 0.636. The van der Waals surface area contributed by atoms with Crippen LogP contribution in [0.5, 0.6) is 0 Å². The van der Waals surface area contributed by atoms with Crippen molar-refractivity contribution >= 4 is 11.9 Å². The second-order valence-electron chi connectivity index (χ2n) is 7.04. The molecule has 1 rings (SSSR count). The first kappa shape index (κ1) is 22.2. The zero-order valence-electron chi connectivity index (χ0n) is 16.3. The van der Waals surface area contributed by atoms with Crippen molar-refractivity contribution in [3.63, 3.8) is 0 Å². The van der Waals surface area contributed by atoms with Gasteiger partial charge in [-0.15, -0.1) is 0 Å². The van der Waals surface area contributed by atoms with Gasteiger partial charge in [0.25, 0.3) is 0 Å². The van der Waals surface area contributed by atoms with Crippen LogP contribution < -0.4 is 0 Å². The third-order valence-electron chi connectivity index (χ3n) is 4.65. The normalized spacial score (nSPS) is 11.9. The SMILES string of the molecule is CCCCCCCCCCCCC(C)OC(=O)c1ccccc1C(=O)O. The van der Waals surface area contributed by atoms with Crippen LogP contribution in [0.25, 0.3) is 0 Å². The third kappa shape index (κ3) is 9.02. The Morgan fingerprint density at radius 1 is 0.885 bits per heavy atom. The number of hydrogen-bond donors (Lipinski definition) is 1. The highest BCUT2D eigenvalue weighted by atomic mass is 16.5. The summed E-state index contributed by atoms with van der Waals surface area (Å²) < 4.78 is 5.41. The van der Waals surface area contributed by atoms with E-state index in [0.717, 1.165) is 19.3 Å². The molecule has 0 saturated carbocycles. The molecule has 4 heteroatoms. The zero-order valence-corrected chi connectivity index (χ0v) is 16.3. The summed E-state index contributed by atoms with van der Waals surface area (Å²) in [4.78, 5) is 23.4. The fourth-order valence-corrected chi connectivity index (χ4v) is 3.07. The van der Waals surface area contributed by atoms with Gasteiger partial charge in [0.05, 0.1) is 17.2 Å². The van der Waals surface area contributed by atoms with Crippen molar-refractivity contribution in [2.45, 2.75) is 90.6 Å². The molecule has 0 aliphatic carbocycles. The van der Waals surface area contributed by atoms with Gasteiger partial charge in [-0.2, -0.15) is 0 Å². The number of benzene rings is 1. The van der Waals surface area contributed by atoms with Crippen LogP contribution in [0, 0.1) is 0 Å². The molecule has 0 fully saturated rings. The summed E-state index contributed by atoms with van der Waals surface area (Å²) in [5.41, 5.74) is 0.110. The van der Waals surface area contributed by atoms with E-state index in [2.05, 4.69) is 6.92 Å². The minimum absolute atomic E-state index is 0.0105. The van der Waals surface area contributed by atoms with Gasteiger partial charge in [0.1, 0.15) is 0 Å². The molecule has 26 heavy (non-hydrogen) atoms. The lowest BCUT2D eigenvalue weighted by Gasteiger charge is -2.14. The summed E-state index contributed by atoms with van der Waals surface area (Å²) in [6.45, 7) is 4.11. The highest BCUT2D eigenvalue weighted by molar-refractivity contribution is 6.02. The van der Waals surface area contributed by atoms with E-state index in [1.807, 2.05) is 6.92 Å².